The van der Waals surface area contributed by atoms with Crippen molar-refractivity contribution in [3.05, 3.63) is 67.6 Å². The topological polar surface area (TPSA) is 76.4 Å². The monoisotopic (exact) mass is 475 g/mol. The molecule has 3 rings (SSSR count). The van der Waals surface area contributed by atoms with E-state index in [4.69, 9.17) is 4.42 Å². The summed E-state index contributed by atoms with van der Waals surface area (Å²) in [4.78, 5) is 10.8. The number of anilines is 1. The van der Waals surface area contributed by atoms with E-state index in [-0.39, 0.29) is 5.69 Å². The largest absolute Gasteiger partial charge is 0.423 e. The Hall–Kier alpha value is -1.71. The Morgan fingerprint density at radius 3 is 2.50 bits per heavy atom. The van der Waals surface area contributed by atoms with Gasteiger partial charge in [-0.25, -0.2) is 17.6 Å². The van der Waals surface area contributed by atoms with Crippen molar-refractivity contribution in [3.8, 4) is 0 Å². The number of benzene rings is 2. The summed E-state index contributed by atoms with van der Waals surface area (Å²) < 4.78 is 46.8. The molecular formula is C15H8Br2FNO4S. The molecule has 124 valence electrons. The smallest absolute Gasteiger partial charge is 0.337 e. The lowest BCUT2D eigenvalue weighted by Gasteiger charge is -2.10. The van der Waals surface area contributed by atoms with Gasteiger partial charge in [0.25, 0.3) is 10.0 Å². The van der Waals surface area contributed by atoms with E-state index in [1.54, 1.807) is 0 Å². The first-order chi connectivity index (χ1) is 11.3. The van der Waals surface area contributed by atoms with Crippen molar-refractivity contribution in [2.75, 3.05) is 4.72 Å². The van der Waals surface area contributed by atoms with E-state index < -0.39 is 26.4 Å². The van der Waals surface area contributed by atoms with Crippen LogP contribution in [0.25, 0.3) is 11.0 Å². The predicted molar refractivity (Wildman–Crippen MR) is 95.1 cm³/mol. The van der Waals surface area contributed by atoms with Gasteiger partial charge in [0.2, 0.25) is 0 Å². The molecule has 0 unspecified atom stereocenters. The number of hydrogen-bond acceptors (Lipinski definition) is 4. The van der Waals surface area contributed by atoms with Crippen LogP contribution in [0.15, 0.2) is 65.5 Å². The number of fused-ring (bicyclic) bond motifs is 1. The SMILES string of the molecule is O=c1cc(Br)c2cc(NS(=O)(=O)c3ccc(Br)cc3F)ccc2o1. The molecule has 1 aromatic heterocycles. The molecule has 0 spiro atoms. The summed E-state index contributed by atoms with van der Waals surface area (Å²) in [5.41, 5.74) is -0.0221. The van der Waals surface area contributed by atoms with E-state index in [9.17, 15) is 17.6 Å². The van der Waals surface area contributed by atoms with Crippen molar-refractivity contribution in [2.24, 2.45) is 0 Å². The lowest BCUT2D eigenvalue weighted by atomic mass is 10.2. The van der Waals surface area contributed by atoms with Gasteiger partial charge in [-0.1, -0.05) is 15.9 Å². The Morgan fingerprint density at radius 1 is 1.04 bits per heavy atom. The fourth-order valence-electron chi connectivity index (χ4n) is 2.09. The van der Waals surface area contributed by atoms with E-state index in [1.165, 1.54) is 30.3 Å². The first kappa shape index (κ1) is 17.1. The lowest BCUT2D eigenvalue weighted by molar-refractivity contribution is 0.560. The molecule has 3 aromatic rings. The van der Waals surface area contributed by atoms with E-state index in [1.807, 2.05) is 0 Å². The van der Waals surface area contributed by atoms with Crippen molar-refractivity contribution in [1.82, 2.24) is 0 Å². The standard InChI is InChI=1S/C15H8Br2FNO4S/c16-8-1-4-14(12(18)5-8)24(21,22)19-9-2-3-13-10(6-9)11(17)7-15(20)23-13/h1-7,19H. The van der Waals surface area contributed by atoms with Gasteiger partial charge >= 0.3 is 5.63 Å². The van der Waals surface area contributed by atoms with Crippen LogP contribution in [-0.2, 0) is 10.0 Å². The molecule has 24 heavy (non-hydrogen) atoms. The third-order valence-corrected chi connectivity index (χ3v) is 5.69. The Labute approximate surface area is 152 Å². The van der Waals surface area contributed by atoms with Crippen molar-refractivity contribution < 1.29 is 17.2 Å². The molecule has 0 fully saturated rings. The molecule has 0 aliphatic heterocycles. The van der Waals surface area contributed by atoms with Crippen LogP contribution in [0.1, 0.15) is 0 Å². The normalized spacial score (nSPS) is 11.6. The number of halogens is 3. The first-order valence-corrected chi connectivity index (χ1v) is 9.54. The van der Waals surface area contributed by atoms with Crippen LogP contribution in [0.2, 0.25) is 0 Å². The summed E-state index contributed by atoms with van der Waals surface area (Å²) in [5.74, 6) is -0.871. The highest BCUT2D eigenvalue weighted by molar-refractivity contribution is 9.11. The van der Waals surface area contributed by atoms with Crippen LogP contribution in [0.4, 0.5) is 10.1 Å². The molecule has 0 atom stereocenters. The number of sulfonamides is 1. The fraction of sp³-hybridized carbons (Fsp3) is 0. The quantitative estimate of drug-likeness (QED) is 0.573. The van der Waals surface area contributed by atoms with Crippen LogP contribution < -0.4 is 10.3 Å². The highest BCUT2D eigenvalue weighted by atomic mass is 79.9. The molecule has 0 saturated carbocycles. The maximum atomic E-state index is 13.9. The molecule has 0 amide bonds. The van der Waals surface area contributed by atoms with Gasteiger partial charge in [-0.2, -0.15) is 0 Å². The number of nitrogens with one attached hydrogen (secondary N) is 1. The number of hydrogen-bond donors (Lipinski definition) is 1. The average molecular weight is 477 g/mol. The van der Waals surface area contributed by atoms with E-state index in [0.717, 1.165) is 12.1 Å². The summed E-state index contributed by atoms with van der Waals surface area (Å²) in [6.45, 7) is 0. The fourth-order valence-corrected chi connectivity index (χ4v) is 4.03. The summed E-state index contributed by atoms with van der Waals surface area (Å²) in [6.07, 6.45) is 0. The van der Waals surface area contributed by atoms with Crippen molar-refractivity contribution in [3.63, 3.8) is 0 Å². The second-order valence-corrected chi connectivity index (χ2v) is 8.23. The van der Waals surface area contributed by atoms with Crippen LogP contribution in [-0.4, -0.2) is 8.42 Å². The molecule has 5 nitrogen and oxygen atoms in total. The summed E-state index contributed by atoms with van der Waals surface area (Å²) in [6, 6.07) is 9.26. The molecule has 1 N–H and O–H groups in total. The van der Waals surface area contributed by atoms with Gasteiger partial charge in [0.15, 0.2) is 0 Å². The average Bonchev–Trinajstić information content (AvgIpc) is 2.47. The van der Waals surface area contributed by atoms with Crippen LogP contribution in [0.5, 0.6) is 0 Å². The minimum absolute atomic E-state index is 0.208. The lowest BCUT2D eigenvalue weighted by Crippen LogP contribution is -2.14. The Morgan fingerprint density at radius 2 is 1.79 bits per heavy atom. The number of rotatable bonds is 3. The zero-order valence-electron chi connectivity index (χ0n) is 11.7. The summed E-state index contributed by atoms with van der Waals surface area (Å²) in [5, 5.41) is 0.506. The third kappa shape index (κ3) is 3.38. The first-order valence-electron chi connectivity index (χ1n) is 6.47. The molecule has 1 heterocycles. The maximum Gasteiger partial charge on any atom is 0.337 e. The second kappa shape index (κ2) is 6.30. The highest BCUT2D eigenvalue weighted by Crippen LogP contribution is 2.27. The van der Waals surface area contributed by atoms with Crippen LogP contribution >= 0.6 is 31.9 Å². The van der Waals surface area contributed by atoms with Gasteiger partial charge in [-0.15, -0.1) is 0 Å². The molecule has 0 aliphatic rings. The Kier molecular flexibility index (Phi) is 4.50. The zero-order chi connectivity index (χ0) is 17.5. The molecule has 0 saturated heterocycles. The zero-order valence-corrected chi connectivity index (χ0v) is 15.7. The maximum absolute atomic E-state index is 13.9. The van der Waals surface area contributed by atoms with Crippen LogP contribution in [0, 0.1) is 5.82 Å². The van der Waals surface area contributed by atoms with Gasteiger partial charge in [0.05, 0.1) is 0 Å². The molecular weight excluding hydrogens is 469 g/mol. The predicted octanol–water partition coefficient (Wildman–Crippen LogP) is 4.26. The van der Waals surface area contributed by atoms with E-state index >= 15 is 0 Å². The molecule has 0 radical (unpaired) electrons. The van der Waals surface area contributed by atoms with Crippen LogP contribution in [0.3, 0.4) is 0 Å². The van der Waals surface area contributed by atoms with E-state index in [2.05, 4.69) is 36.6 Å². The molecule has 0 bridgehead atoms. The third-order valence-electron chi connectivity index (χ3n) is 3.13. The van der Waals surface area contributed by atoms with E-state index in [0.29, 0.717) is 19.9 Å². The minimum atomic E-state index is -4.10. The Balaban J connectivity index is 2.04. The van der Waals surface area contributed by atoms with Gasteiger partial charge in [-0.05, 0) is 52.3 Å². The summed E-state index contributed by atoms with van der Waals surface area (Å²) in [7, 11) is -4.10. The van der Waals surface area contributed by atoms with Crippen molar-refractivity contribution >= 4 is 58.5 Å². The summed E-state index contributed by atoms with van der Waals surface area (Å²) >= 11 is 6.30. The Bertz CT molecular complexity index is 1110. The van der Waals surface area contributed by atoms with Crippen molar-refractivity contribution in [1.29, 1.82) is 0 Å². The van der Waals surface area contributed by atoms with Gasteiger partial charge in [0, 0.05) is 26.1 Å². The van der Waals surface area contributed by atoms with Gasteiger partial charge in [0.1, 0.15) is 16.3 Å². The molecule has 2 aromatic carbocycles. The molecule has 9 heteroatoms. The second-order valence-electron chi connectivity index (χ2n) is 4.80. The van der Waals surface area contributed by atoms with Gasteiger partial charge < -0.3 is 4.42 Å². The van der Waals surface area contributed by atoms with Crippen molar-refractivity contribution in [2.45, 2.75) is 4.90 Å². The van der Waals surface area contributed by atoms with Gasteiger partial charge in [-0.3, -0.25) is 4.72 Å². The molecule has 0 aliphatic carbocycles. The highest BCUT2D eigenvalue weighted by Gasteiger charge is 2.19. The minimum Gasteiger partial charge on any atom is -0.423 e.